The standard InChI is InChI=1S/C19H20ClN3O4/c1-10-15-17(22-27-10)16-13(20)6-3-7-14(16)23(18(15)24)12-5-2-4-11(8-12)9-21-19(25)26/h3,6-7,11-12,21H,2,4-5,8-9H2,1H3,(H,25,26). The molecule has 0 radical (unpaired) electrons. The lowest BCUT2D eigenvalue weighted by molar-refractivity contribution is 0.187. The van der Waals surface area contributed by atoms with E-state index in [-0.39, 0.29) is 17.5 Å². The van der Waals surface area contributed by atoms with Crippen LogP contribution in [0.4, 0.5) is 4.79 Å². The third kappa shape index (κ3) is 3.06. The number of fused-ring (bicyclic) bond motifs is 3. The van der Waals surface area contributed by atoms with Crippen LogP contribution in [0, 0.1) is 12.8 Å². The Kier molecular flexibility index (Phi) is 4.55. The number of hydrogen-bond acceptors (Lipinski definition) is 4. The van der Waals surface area contributed by atoms with Crippen LogP contribution in [0.25, 0.3) is 21.8 Å². The van der Waals surface area contributed by atoms with Gasteiger partial charge in [-0.3, -0.25) is 4.79 Å². The predicted molar refractivity (Wildman–Crippen MR) is 103 cm³/mol. The van der Waals surface area contributed by atoms with Crippen LogP contribution in [-0.2, 0) is 0 Å². The van der Waals surface area contributed by atoms with Gasteiger partial charge >= 0.3 is 6.09 Å². The number of nitrogens with zero attached hydrogens (tertiary/aromatic N) is 2. The second-order valence-corrected chi connectivity index (χ2v) is 7.55. The molecule has 0 aliphatic heterocycles. The number of pyridine rings is 1. The molecule has 0 bridgehead atoms. The highest BCUT2D eigenvalue weighted by atomic mass is 35.5. The zero-order valence-electron chi connectivity index (χ0n) is 14.9. The minimum Gasteiger partial charge on any atom is -0.465 e. The maximum absolute atomic E-state index is 13.3. The summed E-state index contributed by atoms with van der Waals surface area (Å²) in [4.78, 5) is 24.1. The summed E-state index contributed by atoms with van der Waals surface area (Å²) in [5, 5.41) is 17.1. The van der Waals surface area contributed by atoms with Crippen molar-refractivity contribution in [3.05, 3.63) is 39.3 Å². The van der Waals surface area contributed by atoms with Crippen LogP contribution < -0.4 is 10.9 Å². The Balaban J connectivity index is 1.86. The number of nitrogens with one attached hydrogen (secondary N) is 1. The Labute approximate surface area is 159 Å². The molecule has 1 aromatic carbocycles. The fraction of sp³-hybridized carbons (Fsp3) is 0.421. The van der Waals surface area contributed by atoms with Crippen molar-refractivity contribution in [3.8, 4) is 0 Å². The number of carbonyl (C=O) groups is 1. The molecule has 2 heterocycles. The number of halogens is 1. The van der Waals surface area contributed by atoms with Crippen molar-refractivity contribution in [2.45, 2.75) is 38.6 Å². The van der Waals surface area contributed by atoms with E-state index in [1.54, 1.807) is 17.6 Å². The van der Waals surface area contributed by atoms with E-state index in [0.29, 0.717) is 28.2 Å². The summed E-state index contributed by atoms with van der Waals surface area (Å²) in [6.45, 7) is 2.12. The molecule has 1 amide bonds. The lowest BCUT2D eigenvalue weighted by atomic mass is 9.85. The van der Waals surface area contributed by atoms with Crippen LogP contribution in [0.5, 0.6) is 0 Å². The first-order valence-corrected chi connectivity index (χ1v) is 9.40. The molecule has 142 valence electrons. The summed E-state index contributed by atoms with van der Waals surface area (Å²) in [6.07, 6.45) is 2.45. The third-order valence-electron chi connectivity index (χ3n) is 5.45. The summed E-state index contributed by atoms with van der Waals surface area (Å²) in [5.74, 6) is 0.672. The van der Waals surface area contributed by atoms with Crippen LogP contribution in [0.3, 0.4) is 0 Å². The molecule has 1 saturated carbocycles. The third-order valence-corrected chi connectivity index (χ3v) is 5.76. The van der Waals surface area contributed by atoms with E-state index in [1.165, 1.54) is 0 Å². The maximum atomic E-state index is 13.3. The van der Waals surface area contributed by atoms with E-state index in [9.17, 15) is 9.59 Å². The number of amides is 1. The Morgan fingerprint density at radius 2 is 2.22 bits per heavy atom. The number of hydrogen-bond donors (Lipinski definition) is 2. The van der Waals surface area contributed by atoms with E-state index < -0.39 is 6.09 Å². The topological polar surface area (TPSA) is 97.4 Å². The Hall–Kier alpha value is -2.54. The van der Waals surface area contributed by atoms with E-state index in [4.69, 9.17) is 21.2 Å². The normalized spacial score (nSPS) is 20.2. The average molecular weight is 390 g/mol. The molecule has 8 heteroatoms. The number of carboxylic acid groups (broad SMARTS) is 1. The molecule has 0 saturated heterocycles. The molecular weight excluding hydrogens is 370 g/mol. The van der Waals surface area contributed by atoms with Gasteiger partial charge in [0.25, 0.3) is 5.56 Å². The van der Waals surface area contributed by atoms with Crippen molar-refractivity contribution in [1.29, 1.82) is 0 Å². The fourth-order valence-electron chi connectivity index (χ4n) is 4.25. The van der Waals surface area contributed by atoms with Gasteiger partial charge in [0.1, 0.15) is 16.7 Å². The van der Waals surface area contributed by atoms with Gasteiger partial charge in [0.2, 0.25) is 0 Å². The Morgan fingerprint density at radius 1 is 1.41 bits per heavy atom. The average Bonchev–Trinajstić information content (AvgIpc) is 3.02. The molecule has 2 aromatic heterocycles. The fourth-order valence-corrected chi connectivity index (χ4v) is 4.51. The molecule has 1 aliphatic carbocycles. The number of benzene rings is 1. The molecule has 2 N–H and O–H groups in total. The molecule has 27 heavy (non-hydrogen) atoms. The summed E-state index contributed by atoms with van der Waals surface area (Å²) < 4.78 is 7.10. The molecule has 3 aromatic rings. The van der Waals surface area contributed by atoms with Gasteiger partial charge < -0.3 is 19.5 Å². The van der Waals surface area contributed by atoms with Gasteiger partial charge in [-0.15, -0.1) is 0 Å². The van der Waals surface area contributed by atoms with Gasteiger partial charge in [-0.2, -0.15) is 0 Å². The van der Waals surface area contributed by atoms with Gasteiger partial charge in [0.05, 0.1) is 10.5 Å². The first kappa shape index (κ1) is 17.9. The maximum Gasteiger partial charge on any atom is 0.404 e. The molecule has 2 atom stereocenters. The second-order valence-electron chi connectivity index (χ2n) is 7.14. The van der Waals surface area contributed by atoms with Crippen LogP contribution in [-0.4, -0.2) is 27.5 Å². The van der Waals surface area contributed by atoms with Crippen molar-refractivity contribution in [2.75, 3.05) is 6.54 Å². The summed E-state index contributed by atoms with van der Waals surface area (Å²) >= 11 is 6.45. The first-order valence-electron chi connectivity index (χ1n) is 9.03. The SMILES string of the molecule is Cc1onc2c1c(=O)n(C1CCCC(CNC(=O)O)C1)c1cccc(Cl)c21. The summed E-state index contributed by atoms with van der Waals surface area (Å²) in [5.41, 5.74) is 1.11. The van der Waals surface area contributed by atoms with Crippen molar-refractivity contribution in [1.82, 2.24) is 15.0 Å². The zero-order valence-corrected chi connectivity index (χ0v) is 15.6. The van der Waals surface area contributed by atoms with Gasteiger partial charge in [0.15, 0.2) is 0 Å². The molecule has 7 nitrogen and oxygen atoms in total. The van der Waals surface area contributed by atoms with E-state index in [2.05, 4.69) is 10.5 Å². The van der Waals surface area contributed by atoms with Gasteiger partial charge in [0, 0.05) is 18.0 Å². The molecule has 4 rings (SSSR count). The van der Waals surface area contributed by atoms with E-state index >= 15 is 0 Å². The van der Waals surface area contributed by atoms with Crippen molar-refractivity contribution in [2.24, 2.45) is 5.92 Å². The molecule has 0 spiro atoms. The molecule has 2 unspecified atom stereocenters. The van der Waals surface area contributed by atoms with E-state index in [0.717, 1.165) is 36.6 Å². The van der Waals surface area contributed by atoms with Gasteiger partial charge in [-0.1, -0.05) is 29.2 Å². The minimum absolute atomic E-state index is 0.0217. The minimum atomic E-state index is -1.02. The Bertz CT molecular complexity index is 1090. The molecule has 1 fully saturated rings. The second kappa shape index (κ2) is 6.88. The highest BCUT2D eigenvalue weighted by Crippen LogP contribution is 2.36. The quantitative estimate of drug-likeness (QED) is 0.702. The summed E-state index contributed by atoms with van der Waals surface area (Å²) in [7, 11) is 0. The summed E-state index contributed by atoms with van der Waals surface area (Å²) in [6, 6.07) is 5.46. The van der Waals surface area contributed by atoms with Crippen LogP contribution in [0.1, 0.15) is 37.5 Å². The lowest BCUT2D eigenvalue weighted by Gasteiger charge is -2.31. The van der Waals surface area contributed by atoms with Crippen molar-refractivity contribution in [3.63, 3.8) is 0 Å². The molecule has 1 aliphatic rings. The van der Waals surface area contributed by atoms with Gasteiger partial charge in [-0.05, 0) is 44.2 Å². The number of rotatable bonds is 3. The molecular formula is C19H20ClN3O4. The highest BCUT2D eigenvalue weighted by molar-refractivity contribution is 6.37. The lowest BCUT2D eigenvalue weighted by Crippen LogP contribution is -2.34. The van der Waals surface area contributed by atoms with Gasteiger partial charge in [-0.25, -0.2) is 4.79 Å². The number of aryl methyl sites for hydroxylation is 1. The highest BCUT2D eigenvalue weighted by Gasteiger charge is 2.28. The van der Waals surface area contributed by atoms with Crippen molar-refractivity contribution >= 4 is 39.5 Å². The van der Waals surface area contributed by atoms with Crippen molar-refractivity contribution < 1.29 is 14.4 Å². The largest absolute Gasteiger partial charge is 0.465 e. The smallest absolute Gasteiger partial charge is 0.404 e. The van der Waals surface area contributed by atoms with E-state index in [1.807, 2.05) is 12.1 Å². The van der Waals surface area contributed by atoms with Crippen LogP contribution >= 0.6 is 11.6 Å². The Morgan fingerprint density at radius 3 is 3.00 bits per heavy atom. The predicted octanol–water partition coefficient (Wildman–Crippen LogP) is 4.10. The van der Waals surface area contributed by atoms with Crippen LogP contribution in [0.2, 0.25) is 5.02 Å². The van der Waals surface area contributed by atoms with Crippen LogP contribution in [0.15, 0.2) is 27.5 Å². The zero-order chi connectivity index (χ0) is 19.1. The number of aromatic nitrogens is 2. The first-order chi connectivity index (χ1) is 13.0. The monoisotopic (exact) mass is 389 g/mol.